The topological polar surface area (TPSA) is 91.4 Å². The Labute approximate surface area is 109 Å². The van der Waals surface area contributed by atoms with Crippen molar-refractivity contribution in [1.29, 1.82) is 0 Å². The van der Waals surface area contributed by atoms with Gasteiger partial charge in [0, 0.05) is 29.8 Å². The summed E-state index contributed by atoms with van der Waals surface area (Å²) in [7, 11) is 1.29. The molecule has 1 amide bonds. The van der Waals surface area contributed by atoms with Crippen LogP contribution in [0.3, 0.4) is 0 Å². The van der Waals surface area contributed by atoms with Gasteiger partial charge in [0.15, 0.2) is 6.10 Å². The van der Waals surface area contributed by atoms with E-state index < -0.39 is 12.1 Å². The Bertz CT molecular complexity index is 605. The zero-order valence-electron chi connectivity index (χ0n) is 10.3. The van der Waals surface area contributed by atoms with Crippen LogP contribution in [0.4, 0.5) is 0 Å². The molecule has 1 unspecified atom stereocenters. The maximum Gasteiger partial charge on any atom is 0.334 e. The van der Waals surface area contributed by atoms with E-state index in [0.29, 0.717) is 5.56 Å². The Morgan fingerprint density at radius 3 is 2.89 bits per heavy atom. The molecule has 100 valence electrons. The first-order valence-electron chi connectivity index (χ1n) is 5.73. The van der Waals surface area contributed by atoms with Gasteiger partial charge in [-0.25, -0.2) is 4.79 Å². The number of hydrogen-bond donors (Lipinski definition) is 3. The van der Waals surface area contributed by atoms with Crippen molar-refractivity contribution in [2.45, 2.75) is 6.10 Å². The molecule has 0 aliphatic heterocycles. The molecule has 19 heavy (non-hydrogen) atoms. The van der Waals surface area contributed by atoms with E-state index in [1.54, 1.807) is 24.4 Å². The van der Waals surface area contributed by atoms with E-state index in [4.69, 9.17) is 9.84 Å². The van der Waals surface area contributed by atoms with Gasteiger partial charge in [0.25, 0.3) is 5.91 Å². The molecule has 3 N–H and O–H groups in total. The molecular weight excluding hydrogens is 248 g/mol. The largest absolute Gasteiger partial charge is 0.479 e. The van der Waals surface area contributed by atoms with Gasteiger partial charge < -0.3 is 20.1 Å². The Balaban J connectivity index is 2.12. The van der Waals surface area contributed by atoms with Crippen molar-refractivity contribution >= 4 is 22.8 Å². The van der Waals surface area contributed by atoms with Crippen molar-refractivity contribution in [2.24, 2.45) is 0 Å². The van der Waals surface area contributed by atoms with Crippen LogP contribution in [0.2, 0.25) is 0 Å². The summed E-state index contributed by atoms with van der Waals surface area (Å²) in [6.07, 6.45) is 0.700. The van der Waals surface area contributed by atoms with E-state index in [0.717, 1.165) is 10.9 Å². The summed E-state index contributed by atoms with van der Waals surface area (Å²) in [4.78, 5) is 25.8. The van der Waals surface area contributed by atoms with Gasteiger partial charge in [-0.3, -0.25) is 4.79 Å². The molecule has 1 atom stereocenters. The number of rotatable bonds is 5. The van der Waals surface area contributed by atoms with Crippen LogP contribution < -0.4 is 5.32 Å². The fraction of sp³-hybridized carbons (Fsp3) is 0.231. The highest BCUT2D eigenvalue weighted by Crippen LogP contribution is 2.17. The van der Waals surface area contributed by atoms with Crippen LogP contribution in [-0.4, -0.2) is 41.7 Å². The fourth-order valence-corrected chi connectivity index (χ4v) is 1.84. The Morgan fingerprint density at radius 2 is 2.21 bits per heavy atom. The fourth-order valence-electron chi connectivity index (χ4n) is 1.84. The zero-order chi connectivity index (χ0) is 13.8. The molecule has 2 rings (SSSR count). The molecule has 0 aliphatic rings. The molecule has 0 spiro atoms. The first-order chi connectivity index (χ1) is 9.13. The third-order valence-electron chi connectivity index (χ3n) is 2.85. The van der Waals surface area contributed by atoms with Gasteiger partial charge in [-0.1, -0.05) is 6.07 Å². The van der Waals surface area contributed by atoms with Gasteiger partial charge in [-0.2, -0.15) is 0 Å². The molecule has 6 nitrogen and oxygen atoms in total. The van der Waals surface area contributed by atoms with Crippen LogP contribution in [0, 0.1) is 0 Å². The lowest BCUT2D eigenvalue weighted by atomic mass is 10.1. The van der Waals surface area contributed by atoms with E-state index in [9.17, 15) is 9.59 Å². The van der Waals surface area contributed by atoms with Crippen LogP contribution in [0.15, 0.2) is 30.5 Å². The first kappa shape index (κ1) is 13.1. The second-order valence-electron chi connectivity index (χ2n) is 4.02. The SMILES string of the molecule is COC(CNC(=O)c1cccc2[nH]ccc12)C(=O)O. The maximum atomic E-state index is 12.0. The third-order valence-corrected chi connectivity index (χ3v) is 2.85. The number of carboxylic acid groups (broad SMARTS) is 1. The summed E-state index contributed by atoms with van der Waals surface area (Å²) in [6.45, 7) is -0.0779. The number of carbonyl (C=O) groups excluding carboxylic acids is 1. The minimum atomic E-state index is -1.11. The minimum Gasteiger partial charge on any atom is -0.479 e. The zero-order valence-corrected chi connectivity index (χ0v) is 10.3. The number of amides is 1. The van der Waals surface area contributed by atoms with E-state index in [-0.39, 0.29) is 12.5 Å². The molecule has 0 aliphatic carbocycles. The number of aromatic amines is 1. The van der Waals surface area contributed by atoms with Crippen molar-refractivity contribution < 1.29 is 19.4 Å². The van der Waals surface area contributed by atoms with E-state index in [1.807, 2.05) is 6.07 Å². The number of nitrogens with one attached hydrogen (secondary N) is 2. The van der Waals surface area contributed by atoms with Gasteiger partial charge in [-0.05, 0) is 18.2 Å². The maximum absolute atomic E-state index is 12.0. The first-order valence-corrected chi connectivity index (χ1v) is 5.73. The number of methoxy groups -OCH3 is 1. The van der Waals surface area contributed by atoms with Crippen LogP contribution in [0.1, 0.15) is 10.4 Å². The van der Waals surface area contributed by atoms with Crippen LogP contribution in [-0.2, 0) is 9.53 Å². The van der Waals surface area contributed by atoms with Crippen LogP contribution in [0.25, 0.3) is 10.9 Å². The number of fused-ring (bicyclic) bond motifs is 1. The number of ether oxygens (including phenoxy) is 1. The smallest absolute Gasteiger partial charge is 0.334 e. The monoisotopic (exact) mass is 262 g/mol. The summed E-state index contributed by atoms with van der Waals surface area (Å²) >= 11 is 0. The number of hydrogen-bond acceptors (Lipinski definition) is 3. The standard InChI is InChI=1S/C13H14N2O4/c1-19-11(13(17)18)7-15-12(16)9-3-2-4-10-8(9)5-6-14-10/h2-6,11,14H,7H2,1H3,(H,15,16)(H,17,18). The van der Waals surface area contributed by atoms with Gasteiger partial charge in [0.05, 0.1) is 6.54 Å². The minimum absolute atomic E-state index is 0.0779. The summed E-state index contributed by atoms with van der Waals surface area (Å²) in [5, 5.41) is 12.2. The van der Waals surface area contributed by atoms with E-state index >= 15 is 0 Å². The van der Waals surface area contributed by atoms with Gasteiger partial charge in [-0.15, -0.1) is 0 Å². The van der Waals surface area contributed by atoms with Crippen molar-refractivity contribution in [1.82, 2.24) is 10.3 Å². The lowest BCUT2D eigenvalue weighted by Crippen LogP contribution is -2.37. The van der Waals surface area contributed by atoms with Crippen LogP contribution in [0.5, 0.6) is 0 Å². The molecule has 1 aromatic carbocycles. The molecule has 1 aromatic heterocycles. The molecule has 0 saturated heterocycles. The highest BCUT2D eigenvalue weighted by atomic mass is 16.5. The molecule has 0 saturated carbocycles. The van der Waals surface area contributed by atoms with E-state index in [2.05, 4.69) is 10.3 Å². The number of carbonyl (C=O) groups is 2. The van der Waals surface area contributed by atoms with Crippen LogP contribution >= 0.6 is 0 Å². The Kier molecular flexibility index (Phi) is 3.82. The highest BCUT2D eigenvalue weighted by molar-refractivity contribution is 6.06. The summed E-state index contributed by atoms with van der Waals surface area (Å²) in [5.74, 6) is -1.43. The van der Waals surface area contributed by atoms with E-state index in [1.165, 1.54) is 7.11 Å². The van der Waals surface area contributed by atoms with Gasteiger partial charge >= 0.3 is 5.97 Å². The molecule has 0 radical (unpaired) electrons. The summed E-state index contributed by atoms with van der Waals surface area (Å²) in [6, 6.07) is 7.11. The molecule has 6 heteroatoms. The van der Waals surface area contributed by atoms with Gasteiger partial charge in [0.1, 0.15) is 0 Å². The molecule has 1 heterocycles. The molecule has 2 aromatic rings. The average Bonchev–Trinajstić information content (AvgIpc) is 2.86. The Hall–Kier alpha value is -2.34. The lowest BCUT2D eigenvalue weighted by Gasteiger charge is -2.11. The Morgan fingerprint density at radius 1 is 1.42 bits per heavy atom. The second-order valence-corrected chi connectivity index (χ2v) is 4.02. The average molecular weight is 262 g/mol. The number of aliphatic carboxylic acids is 1. The molecule has 0 fully saturated rings. The summed E-state index contributed by atoms with van der Waals surface area (Å²) in [5.41, 5.74) is 1.35. The summed E-state index contributed by atoms with van der Waals surface area (Å²) < 4.78 is 4.75. The van der Waals surface area contributed by atoms with Gasteiger partial charge in [0.2, 0.25) is 0 Å². The predicted molar refractivity (Wildman–Crippen MR) is 69.1 cm³/mol. The number of benzene rings is 1. The number of aromatic nitrogens is 1. The number of carboxylic acids is 1. The third kappa shape index (κ3) is 2.74. The van der Waals surface area contributed by atoms with Crippen molar-refractivity contribution in [2.75, 3.05) is 13.7 Å². The predicted octanol–water partition coefficient (Wildman–Crippen LogP) is 0.997. The number of H-pyrrole nitrogens is 1. The lowest BCUT2D eigenvalue weighted by molar-refractivity contribution is -0.148. The van der Waals surface area contributed by atoms with Crippen molar-refractivity contribution in [3.63, 3.8) is 0 Å². The second kappa shape index (κ2) is 5.53. The molecular formula is C13H14N2O4. The quantitative estimate of drug-likeness (QED) is 0.749. The molecule has 0 bridgehead atoms. The normalized spacial score (nSPS) is 12.3. The van der Waals surface area contributed by atoms with Crippen molar-refractivity contribution in [3.05, 3.63) is 36.0 Å². The highest BCUT2D eigenvalue weighted by Gasteiger charge is 2.18. The van der Waals surface area contributed by atoms with Crippen molar-refractivity contribution in [3.8, 4) is 0 Å².